The molecule has 10 heavy (non-hydrogen) atoms. The lowest BCUT2D eigenvalue weighted by Crippen LogP contribution is -1.88. The molecule has 1 heterocycles. The summed E-state index contributed by atoms with van der Waals surface area (Å²) in [5, 5.41) is 13.3. The van der Waals surface area contributed by atoms with Crippen LogP contribution in [0.25, 0.3) is 0 Å². The van der Waals surface area contributed by atoms with Gasteiger partial charge in [-0.2, -0.15) is 0 Å². The maximum Gasteiger partial charge on any atom is 0.116 e. The molecule has 2 rings (SSSR count). The Labute approximate surface area is 59.5 Å². The van der Waals surface area contributed by atoms with E-state index in [4.69, 9.17) is 5.11 Å². The molecule has 2 heteroatoms. The van der Waals surface area contributed by atoms with Gasteiger partial charge in [-0.1, -0.05) is 0 Å². The van der Waals surface area contributed by atoms with Crippen molar-refractivity contribution in [3.63, 3.8) is 0 Å². The SMILES string of the molecule is Oc1ccc2c(c1)CC[N]2. The number of nitrogens with zero attached hydrogens (tertiary/aromatic N) is 1. The highest BCUT2D eigenvalue weighted by Gasteiger charge is 2.10. The highest BCUT2D eigenvalue weighted by Crippen LogP contribution is 2.25. The predicted octanol–water partition coefficient (Wildman–Crippen LogP) is 1.18. The van der Waals surface area contributed by atoms with E-state index < -0.39 is 0 Å². The summed E-state index contributed by atoms with van der Waals surface area (Å²) >= 11 is 0. The smallest absolute Gasteiger partial charge is 0.116 e. The third kappa shape index (κ3) is 0.727. The highest BCUT2D eigenvalue weighted by atomic mass is 16.3. The van der Waals surface area contributed by atoms with Crippen LogP contribution in [-0.4, -0.2) is 11.7 Å². The second-order valence-electron chi connectivity index (χ2n) is 2.44. The normalized spacial score (nSPS) is 14.4. The molecule has 0 unspecified atom stereocenters. The maximum absolute atomic E-state index is 9.05. The van der Waals surface area contributed by atoms with Gasteiger partial charge in [0.05, 0.1) is 5.69 Å². The van der Waals surface area contributed by atoms with Crippen molar-refractivity contribution in [2.75, 3.05) is 6.54 Å². The molecule has 0 aromatic heterocycles. The minimum absolute atomic E-state index is 0.343. The van der Waals surface area contributed by atoms with Gasteiger partial charge < -0.3 is 5.11 Å². The Morgan fingerprint density at radius 2 is 2.30 bits per heavy atom. The van der Waals surface area contributed by atoms with E-state index in [2.05, 4.69) is 5.32 Å². The monoisotopic (exact) mass is 134 g/mol. The minimum Gasteiger partial charge on any atom is -0.508 e. The predicted molar refractivity (Wildman–Crippen MR) is 38.5 cm³/mol. The molecule has 0 spiro atoms. The molecule has 1 aromatic carbocycles. The Hall–Kier alpha value is -1.18. The number of aromatic hydroxyl groups is 1. The Bertz CT molecular complexity index is 257. The number of hydrogen-bond donors (Lipinski definition) is 1. The molecule has 0 saturated carbocycles. The van der Waals surface area contributed by atoms with Crippen molar-refractivity contribution in [2.45, 2.75) is 6.42 Å². The number of rotatable bonds is 0. The van der Waals surface area contributed by atoms with Crippen LogP contribution in [0.15, 0.2) is 18.2 Å². The van der Waals surface area contributed by atoms with Crippen molar-refractivity contribution in [2.24, 2.45) is 0 Å². The summed E-state index contributed by atoms with van der Waals surface area (Å²) in [7, 11) is 0. The molecule has 2 nitrogen and oxygen atoms in total. The van der Waals surface area contributed by atoms with Gasteiger partial charge in [-0.05, 0) is 30.2 Å². The van der Waals surface area contributed by atoms with Crippen LogP contribution in [0, 0.1) is 0 Å². The molecule has 0 aliphatic carbocycles. The quantitative estimate of drug-likeness (QED) is 0.568. The molecular formula is C8H8NO. The van der Waals surface area contributed by atoms with Crippen LogP contribution in [0.3, 0.4) is 0 Å². The first kappa shape index (κ1) is 5.59. The van der Waals surface area contributed by atoms with E-state index in [-0.39, 0.29) is 0 Å². The van der Waals surface area contributed by atoms with E-state index in [0.29, 0.717) is 5.75 Å². The van der Waals surface area contributed by atoms with Gasteiger partial charge in [-0.25, -0.2) is 0 Å². The summed E-state index contributed by atoms with van der Waals surface area (Å²) in [6.07, 6.45) is 0.976. The Morgan fingerprint density at radius 1 is 1.40 bits per heavy atom. The molecular weight excluding hydrogens is 126 g/mol. The number of hydrogen-bond acceptors (Lipinski definition) is 1. The van der Waals surface area contributed by atoms with Gasteiger partial charge in [-0.15, -0.1) is 0 Å². The summed E-state index contributed by atoms with van der Waals surface area (Å²) in [5.74, 6) is 0.343. The molecule has 1 N–H and O–H groups in total. The van der Waals surface area contributed by atoms with Crippen molar-refractivity contribution in [1.29, 1.82) is 0 Å². The van der Waals surface area contributed by atoms with Crippen LogP contribution >= 0.6 is 0 Å². The summed E-state index contributed by atoms with van der Waals surface area (Å²) in [4.78, 5) is 0. The zero-order chi connectivity index (χ0) is 6.97. The fourth-order valence-electron chi connectivity index (χ4n) is 1.22. The molecule has 0 atom stereocenters. The Morgan fingerprint density at radius 3 is 3.20 bits per heavy atom. The van der Waals surface area contributed by atoms with E-state index >= 15 is 0 Å². The second-order valence-corrected chi connectivity index (χ2v) is 2.44. The summed E-state index contributed by atoms with van der Waals surface area (Å²) in [6, 6.07) is 5.32. The van der Waals surface area contributed by atoms with Crippen LogP contribution in [0.4, 0.5) is 5.69 Å². The van der Waals surface area contributed by atoms with Crippen molar-refractivity contribution >= 4 is 5.69 Å². The molecule has 0 amide bonds. The van der Waals surface area contributed by atoms with Gasteiger partial charge in [-0.3, -0.25) is 5.32 Å². The fourth-order valence-corrected chi connectivity index (χ4v) is 1.22. The molecule has 1 aromatic rings. The van der Waals surface area contributed by atoms with Crippen LogP contribution in [0.1, 0.15) is 5.56 Å². The van der Waals surface area contributed by atoms with Gasteiger partial charge in [0.1, 0.15) is 5.75 Å². The van der Waals surface area contributed by atoms with Crippen LogP contribution < -0.4 is 5.32 Å². The van der Waals surface area contributed by atoms with E-state index in [1.165, 1.54) is 5.56 Å². The number of fused-ring (bicyclic) bond motifs is 1. The average molecular weight is 134 g/mol. The topological polar surface area (TPSA) is 34.3 Å². The van der Waals surface area contributed by atoms with Gasteiger partial charge in [0, 0.05) is 6.54 Å². The summed E-state index contributed by atoms with van der Waals surface area (Å²) < 4.78 is 0. The molecule has 0 fully saturated rings. The molecule has 51 valence electrons. The van der Waals surface area contributed by atoms with Crippen molar-refractivity contribution < 1.29 is 5.11 Å². The fraction of sp³-hybridized carbons (Fsp3) is 0.250. The van der Waals surface area contributed by atoms with Gasteiger partial charge in [0.2, 0.25) is 0 Å². The zero-order valence-corrected chi connectivity index (χ0v) is 5.54. The summed E-state index contributed by atoms with van der Waals surface area (Å²) in [5.41, 5.74) is 2.21. The largest absolute Gasteiger partial charge is 0.508 e. The lowest BCUT2D eigenvalue weighted by atomic mass is 10.1. The number of phenols is 1. The number of benzene rings is 1. The van der Waals surface area contributed by atoms with E-state index in [0.717, 1.165) is 18.7 Å². The third-order valence-corrected chi connectivity index (χ3v) is 1.73. The van der Waals surface area contributed by atoms with E-state index in [9.17, 15) is 0 Å². The van der Waals surface area contributed by atoms with Gasteiger partial charge in [0.15, 0.2) is 0 Å². The molecule has 0 saturated heterocycles. The van der Waals surface area contributed by atoms with E-state index in [1.807, 2.05) is 6.07 Å². The average Bonchev–Trinajstić information content (AvgIpc) is 2.33. The highest BCUT2D eigenvalue weighted by molar-refractivity contribution is 5.51. The first-order chi connectivity index (χ1) is 4.86. The Balaban J connectivity index is 2.52. The molecule has 0 bridgehead atoms. The van der Waals surface area contributed by atoms with Crippen molar-refractivity contribution in [1.82, 2.24) is 5.32 Å². The maximum atomic E-state index is 9.05. The lowest BCUT2D eigenvalue weighted by Gasteiger charge is -1.96. The van der Waals surface area contributed by atoms with Crippen molar-refractivity contribution in [3.8, 4) is 5.75 Å². The van der Waals surface area contributed by atoms with Crippen LogP contribution in [0.2, 0.25) is 0 Å². The minimum atomic E-state index is 0.343. The Kier molecular flexibility index (Phi) is 1.07. The standard InChI is InChI=1S/C8H8NO/c10-7-1-2-8-6(5-7)3-4-9-8/h1-2,5,10H,3-4H2. The van der Waals surface area contributed by atoms with Crippen molar-refractivity contribution in [3.05, 3.63) is 23.8 Å². The third-order valence-electron chi connectivity index (χ3n) is 1.73. The van der Waals surface area contributed by atoms with Crippen LogP contribution in [-0.2, 0) is 6.42 Å². The molecule has 1 radical (unpaired) electrons. The molecule has 1 aliphatic heterocycles. The van der Waals surface area contributed by atoms with E-state index in [1.54, 1.807) is 12.1 Å². The van der Waals surface area contributed by atoms with Gasteiger partial charge in [0.25, 0.3) is 0 Å². The number of phenolic OH excluding ortho intramolecular Hbond substituents is 1. The second kappa shape index (κ2) is 1.90. The van der Waals surface area contributed by atoms with Gasteiger partial charge >= 0.3 is 0 Å². The van der Waals surface area contributed by atoms with Crippen LogP contribution in [0.5, 0.6) is 5.75 Å². The first-order valence-corrected chi connectivity index (χ1v) is 3.36. The lowest BCUT2D eigenvalue weighted by molar-refractivity contribution is 0.475. The summed E-state index contributed by atoms with van der Waals surface area (Å²) in [6.45, 7) is 0.874. The first-order valence-electron chi connectivity index (χ1n) is 3.36. The zero-order valence-electron chi connectivity index (χ0n) is 5.54. The molecule has 1 aliphatic rings.